The van der Waals surface area contributed by atoms with E-state index in [9.17, 15) is 9.18 Å². The van der Waals surface area contributed by atoms with Crippen molar-refractivity contribution in [2.45, 2.75) is 26.3 Å². The highest BCUT2D eigenvalue weighted by Crippen LogP contribution is 2.23. The first-order chi connectivity index (χ1) is 9.52. The summed E-state index contributed by atoms with van der Waals surface area (Å²) in [6.45, 7) is 2.64. The highest BCUT2D eigenvalue weighted by atomic mass is 127. The fraction of sp³-hybridized carbons (Fsp3) is 0.385. The number of hydrogen-bond donors (Lipinski definition) is 1. The third kappa shape index (κ3) is 3.20. The van der Waals surface area contributed by atoms with Gasteiger partial charge in [0.2, 0.25) is 5.95 Å². The Bertz CT molecular complexity index is 642. The van der Waals surface area contributed by atoms with Gasteiger partial charge in [0.1, 0.15) is 5.82 Å². The van der Waals surface area contributed by atoms with Crippen LogP contribution in [0.25, 0.3) is 11.0 Å². The SMILES string of the molecule is CCOC(=O)CCCn1c(N)nc2cc(I)c(F)cc21. The third-order valence-electron chi connectivity index (χ3n) is 2.89. The Morgan fingerprint density at radius 3 is 3.00 bits per heavy atom. The molecule has 1 heterocycles. The molecular weight excluding hydrogens is 376 g/mol. The van der Waals surface area contributed by atoms with Crippen LogP contribution in [0.5, 0.6) is 0 Å². The van der Waals surface area contributed by atoms with Crippen LogP contribution >= 0.6 is 22.6 Å². The maximum Gasteiger partial charge on any atom is 0.305 e. The van der Waals surface area contributed by atoms with Crippen LogP contribution in [0.3, 0.4) is 0 Å². The van der Waals surface area contributed by atoms with Gasteiger partial charge in [0.05, 0.1) is 21.2 Å². The fourth-order valence-corrected chi connectivity index (χ4v) is 2.44. The fourth-order valence-electron chi connectivity index (χ4n) is 1.99. The molecule has 5 nitrogen and oxygen atoms in total. The molecule has 0 radical (unpaired) electrons. The van der Waals surface area contributed by atoms with Crippen LogP contribution < -0.4 is 5.73 Å². The van der Waals surface area contributed by atoms with E-state index in [2.05, 4.69) is 4.98 Å². The second-order valence-electron chi connectivity index (χ2n) is 4.29. The number of ether oxygens (including phenoxy) is 1. The van der Waals surface area contributed by atoms with Gasteiger partial charge in [-0.3, -0.25) is 4.79 Å². The number of carbonyl (C=O) groups excluding carboxylic acids is 1. The van der Waals surface area contributed by atoms with Crippen molar-refractivity contribution in [2.24, 2.45) is 0 Å². The highest BCUT2D eigenvalue weighted by Gasteiger charge is 2.12. The number of aromatic nitrogens is 2. The molecule has 20 heavy (non-hydrogen) atoms. The van der Waals surface area contributed by atoms with Crippen molar-refractivity contribution in [2.75, 3.05) is 12.3 Å². The van der Waals surface area contributed by atoms with Crippen molar-refractivity contribution in [3.05, 3.63) is 21.5 Å². The zero-order valence-electron chi connectivity index (χ0n) is 11.0. The molecule has 108 valence electrons. The van der Waals surface area contributed by atoms with E-state index in [4.69, 9.17) is 10.5 Å². The number of carbonyl (C=O) groups is 1. The summed E-state index contributed by atoms with van der Waals surface area (Å²) in [6.07, 6.45) is 0.877. The standard InChI is InChI=1S/C13H15FIN3O2/c1-2-20-12(19)4-3-5-18-11-6-8(14)9(15)7-10(11)17-13(18)16/h6-7H,2-5H2,1H3,(H2,16,17). The smallest absolute Gasteiger partial charge is 0.305 e. The molecule has 0 aliphatic heterocycles. The minimum atomic E-state index is -0.301. The molecule has 0 atom stereocenters. The van der Waals surface area contributed by atoms with Crippen molar-refractivity contribution >= 4 is 45.5 Å². The topological polar surface area (TPSA) is 70.1 Å². The molecule has 2 N–H and O–H groups in total. The number of anilines is 1. The van der Waals surface area contributed by atoms with E-state index in [0.717, 1.165) is 0 Å². The van der Waals surface area contributed by atoms with Gasteiger partial charge in [-0.15, -0.1) is 0 Å². The molecule has 0 saturated carbocycles. The quantitative estimate of drug-likeness (QED) is 0.629. The van der Waals surface area contributed by atoms with Crippen LogP contribution in [0.15, 0.2) is 12.1 Å². The van der Waals surface area contributed by atoms with Crippen LogP contribution in [0.4, 0.5) is 10.3 Å². The highest BCUT2D eigenvalue weighted by molar-refractivity contribution is 14.1. The van der Waals surface area contributed by atoms with Crippen LogP contribution in [0.2, 0.25) is 0 Å². The number of esters is 1. The lowest BCUT2D eigenvalue weighted by Crippen LogP contribution is -2.08. The maximum absolute atomic E-state index is 13.6. The number of nitrogens with two attached hydrogens (primary N) is 1. The van der Waals surface area contributed by atoms with Gasteiger partial charge < -0.3 is 15.0 Å². The second-order valence-corrected chi connectivity index (χ2v) is 5.45. The summed E-state index contributed by atoms with van der Waals surface area (Å²) < 4.78 is 20.7. The average molecular weight is 391 g/mol. The van der Waals surface area contributed by atoms with Gasteiger partial charge in [0.15, 0.2) is 0 Å². The van der Waals surface area contributed by atoms with E-state index < -0.39 is 0 Å². The monoisotopic (exact) mass is 391 g/mol. The molecule has 0 aliphatic rings. The summed E-state index contributed by atoms with van der Waals surface area (Å²) >= 11 is 1.91. The number of nitrogens with zero attached hydrogens (tertiary/aromatic N) is 2. The Morgan fingerprint density at radius 1 is 1.55 bits per heavy atom. The summed E-state index contributed by atoms with van der Waals surface area (Å²) in [4.78, 5) is 15.5. The predicted molar refractivity (Wildman–Crippen MR) is 82.7 cm³/mol. The largest absolute Gasteiger partial charge is 0.466 e. The summed E-state index contributed by atoms with van der Waals surface area (Å²) in [7, 11) is 0. The Morgan fingerprint density at radius 2 is 2.30 bits per heavy atom. The molecule has 1 aromatic heterocycles. The molecule has 0 unspecified atom stereocenters. The number of hydrogen-bond acceptors (Lipinski definition) is 4. The van der Waals surface area contributed by atoms with E-state index >= 15 is 0 Å². The second kappa shape index (κ2) is 6.38. The number of rotatable bonds is 5. The zero-order valence-corrected chi connectivity index (χ0v) is 13.2. The van der Waals surface area contributed by atoms with Gasteiger partial charge in [-0.1, -0.05) is 0 Å². The summed E-state index contributed by atoms with van der Waals surface area (Å²) in [5, 5.41) is 0. The molecule has 0 amide bonds. The minimum absolute atomic E-state index is 0.240. The lowest BCUT2D eigenvalue weighted by molar-refractivity contribution is -0.143. The zero-order chi connectivity index (χ0) is 14.7. The Balaban J connectivity index is 2.15. The molecular formula is C13H15FIN3O2. The Hall–Kier alpha value is -1.38. The maximum atomic E-state index is 13.6. The van der Waals surface area contributed by atoms with Crippen LogP contribution in [0, 0.1) is 9.39 Å². The summed E-state index contributed by atoms with van der Waals surface area (Å²) in [5.74, 6) is -0.217. The van der Waals surface area contributed by atoms with Crippen LogP contribution in [-0.2, 0) is 16.1 Å². The van der Waals surface area contributed by atoms with E-state index in [1.54, 1.807) is 17.6 Å². The molecule has 0 fully saturated rings. The first-order valence-corrected chi connectivity index (χ1v) is 7.37. The van der Waals surface area contributed by atoms with Crippen molar-refractivity contribution in [3.8, 4) is 0 Å². The number of aryl methyl sites for hydroxylation is 1. The number of imidazole rings is 1. The van der Waals surface area contributed by atoms with E-state index in [0.29, 0.717) is 46.5 Å². The van der Waals surface area contributed by atoms with E-state index in [1.165, 1.54) is 6.07 Å². The van der Waals surface area contributed by atoms with E-state index in [1.807, 2.05) is 22.6 Å². The summed E-state index contributed by atoms with van der Waals surface area (Å²) in [6, 6.07) is 3.08. The molecule has 0 aliphatic carbocycles. The molecule has 0 saturated heterocycles. The van der Waals surface area contributed by atoms with Crippen LogP contribution in [-0.4, -0.2) is 22.1 Å². The van der Waals surface area contributed by atoms with Crippen molar-refractivity contribution in [1.82, 2.24) is 9.55 Å². The molecule has 2 aromatic rings. The van der Waals surface area contributed by atoms with E-state index in [-0.39, 0.29) is 11.8 Å². The first kappa shape index (κ1) is 15.0. The number of halogens is 2. The molecule has 7 heteroatoms. The Kier molecular flexibility index (Phi) is 4.79. The Labute approximate surface area is 129 Å². The lowest BCUT2D eigenvalue weighted by Gasteiger charge is -2.06. The van der Waals surface area contributed by atoms with Crippen molar-refractivity contribution < 1.29 is 13.9 Å². The normalized spacial score (nSPS) is 10.9. The molecule has 0 spiro atoms. The third-order valence-corrected chi connectivity index (χ3v) is 3.71. The van der Waals surface area contributed by atoms with Gasteiger partial charge in [-0.05, 0) is 42.0 Å². The van der Waals surface area contributed by atoms with Crippen LogP contribution in [0.1, 0.15) is 19.8 Å². The van der Waals surface area contributed by atoms with Crippen molar-refractivity contribution in [3.63, 3.8) is 0 Å². The molecule has 0 bridgehead atoms. The minimum Gasteiger partial charge on any atom is -0.466 e. The first-order valence-electron chi connectivity index (χ1n) is 6.29. The van der Waals surface area contributed by atoms with Gasteiger partial charge >= 0.3 is 5.97 Å². The van der Waals surface area contributed by atoms with Crippen molar-refractivity contribution in [1.29, 1.82) is 0 Å². The summed E-state index contributed by atoms with van der Waals surface area (Å²) in [5.41, 5.74) is 7.14. The lowest BCUT2D eigenvalue weighted by atomic mass is 10.3. The van der Waals surface area contributed by atoms with Gasteiger partial charge in [-0.25, -0.2) is 9.37 Å². The predicted octanol–water partition coefficient (Wildman–Crippen LogP) is 2.71. The number of benzene rings is 1. The number of nitrogen functional groups attached to an aromatic ring is 1. The molecule has 2 rings (SSSR count). The number of fused-ring (bicyclic) bond motifs is 1. The average Bonchev–Trinajstić information content (AvgIpc) is 2.67. The van der Waals surface area contributed by atoms with Gasteiger partial charge in [0, 0.05) is 19.0 Å². The molecule has 1 aromatic carbocycles. The van der Waals surface area contributed by atoms with Gasteiger partial charge in [0.25, 0.3) is 0 Å². The van der Waals surface area contributed by atoms with Gasteiger partial charge in [-0.2, -0.15) is 0 Å².